The number of likely N-dealkylation sites (N-methyl/N-ethyl adjacent to an activating group) is 1. The first-order valence-electron chi connectivity index (χ1n) is 4.76. The molecular formula is C11H12N3O+. The van der Waals surface area contributed by atoms with Gasteiger partial charge in [0.05, 0.1) is 0 Å². The standard InChI is InChI=1S/C11H11N3O/c1-12-11(15)8-14-7-6-9-4-2-3-5-10(9)13-14/h2-7H,8H2,1H3/p+1. The van der Waals surface area contributed by atoms with E-state index in [0.29, 0.717) is 0 Å². The third-order valence-electron chi connectivity index (χ3n) is 2.18. The van der Waals surface area contributed by atoms with Gasteiger partial charge in [0.25, 0.3) is 12.5 Å². The molecule has 0 fully saturated rings. The van der Waals surface area contributed by atoms with Crippen molar-refractivity contribution in [3.8, 4) is 0 Å². The minimum absolute atomic E-state index is 0.0530. The second-order valence-electron chi connectivity index (χ2n) is 3.25. The first-order chi connectivity index (χ1) is 7.29. The van der Waals surface area contributed by atoms with Crippen LogP contribution in [0.1, 0.15) is 0 Å². The van der Waals surface area contributed by atoms with Crippen molar-refractivity contribution in [3.05, 3.63) is 36.5 Å². The molecule has 15 heavy (non-hydrogen) atoms. The first-order valence-corrected chi connectivity index (χ1v) is 4.76. The van der Waals surface area contributed by atoms with Gasteiger partial charge in [0, 0.05) is 23.6 Å². The molecule has 0 atom stereocenters. The fourth-order valence-corrected chi connectivity index (χ4v) is 1.37. The molecule has 0 spiro atoms. The topological polar surface area (TPSA) is 45.9 Å². The predicted octanol–water partition coefficient (Wildman–Crippen LogP) is 0.268. The van der Waals surface area contributed by atoms with Crippen LogP contribution in [-0.4, -0.2) is 18.1 Å². The number of nitrogens with one attached hydrogen (secondary N) is 1. The second-order valence-corrected chi connectivity index (χ2v) is 3.25. The Morgan fingerprint density at radius 3 is 3.00 bits per heavy atom. The van der Waals surface area contributed by atoms with E-state index >= 15 is 0 Å². The highest BCUT2D eigenvalue weighted by Crippen LogP contribution is 2.06. The molecule has 4 nitrogen and oxygen atoms in total. The Kier molecular flexibility index (Phi) is 2.58. The van der Waals surface area contributed by atoms with Gasteiger partial charge in [-0.25, -0.2) is 0 Å². The highest BCUT2D eigenvalue weighted by molar-refractivity contribution is 5.77. The molecule has 0 bridgehead atoms. The zero-order valence-electron chi connectivity index (χ0n) is 8.47. The van der Waals surface area contributed by atoms with Crippen LogP contribution >= 0.6 is 0 Å². The summed E-state index contributed by atoms with van der Waals surface area (Å²) in [6, 6.07) is 9.76. The van der Waals surface area contributed by atoms with Crippen molar-refractivity contribution >= 4 is 16.8 Å². The molecule has 0 aliphatic rings. The summed E-state index contributed by atoms with van der Waals surface area (Å²) in [5.74, 6) is -0.0530. The van der Waals surface area contributed by atoms with E-state index < -0.39 is 0 Å². The molecule has 1 aromatic carbocycles. The maximum atomic E-state index is 11.1. The van der Waals surface area contributed by atoms with E-state index in [4.69, 9.17) is 0 Å². The molecule has 0 saturated carbocycles. The van der Waals surface area contributed by atoms with E-state index in [1.54, 1.807) is 17.9 Å². The number of fused-ring (bicyclic) bond motifs is 1. The third kappa shape index (κ3) is 2.10. The molecule has 0 aliphatic carbocycles. The fourth-order valence-electron chi connectivity index (χ4n) is 1.37. The van der Waals surface area contributed by atoms with E-state index in [9.17, 15) is 4.79 Å². The minimum Gasteiger partial charge on any atom is -0.354 e. The van der Waals surface area contributed by atoms with Crippen LogP contribution in [0.2, 0.25) is 0 Å². The van der Waals surface area contributed by atoms with Crippen molar-refractivity contribution < 1.29 is 9.48 Å². The van der Waals surface area contributed by atoms with E-state index in [2.05, 4.69) is 10.4 Å². The molecule has 1 heterocycles. The quantitative estimate of drug-likeness (QED) is 0.710. The Bertz CT molecular complexity index is 496. The molecule has 2 aromatic rings. The van der Waals surface area contributed by atoms with Crippen LogP contribution in [0.3, 0.4) is 0 Å². The molecule has 0 unspecified atom stereocenters. The van der Waals surface area contributed by atoms with Gasteiger partial charge in [-0.2, -0.15) is 0 Å². The Balaban J connectivity index is 2.34. The van der Waals surface area contributed by atoms with Gasteiger partial charge < -0.3 is 5.32 Å². The van der Waals surface area contributed by atoms with E-state index in [1.165, 1.54) is 0 Å². The van der Waals surface area contributed by atoms with Crippen LogP contribution in [0.25, 0.3) is 10.9 Å². The monoisotopic (exact) mass is 202 g/mol. The lowest BCUT2D eigenvalue weighted by molar-refractivity contribution is -0.740. The average Bonchev–Trinajstić information content (AvgIpc) is 2.29. The maximum absolute atomic E-state index is 11.1. The van der Waals surface area contributed by atoms with Gasteiger partial charge in [-0.15, -0.1) is 0 Å². The molecule has 4 heteroatoms. The summed E-state index contributed by atoms with van der Waals surface area (Å²) >= 11 is 0. The lowest BCUT2D eigenvalue weighted by Crippen LogP contribution is -2.44. The zero-order chi connectivity index (χ0) is 10.7. The predicted molar refractivity (Wildman–Crippen MR) is 56.0 cm³/mol. The van der Waals surface area contributed by atoms with E-state index in [-0.39, 0.29) is 12.5 Å². The van der Waals surface area contributed by atoms with Gasteiger partial charge in [0.15, 0.2) is 6.20 Å². The van der Waals surface area contributed by atoms with Crippen molar-refractivity contribution in [3.63, 3.8) is 0 Å². The Morgan fingerprint density at radius 1 is 1.40 bits per heavy atom. The molecular weight excluding hydrogens is 190 g/mol. The van der Waals surface area contributed by atoms with Gasteiger partial charge in [0.1, 0.15) is 5.52 Å². The molecule has 0 saturated heterocycles. The molecule has 1 aromatic heterocycles. The summed E-state index contributed by atoms with van der Waals surface area (Å²) in [5, 5.41) is 7.96. The summed E-state index contributed by atoms with van der Waals surface area (Å²) in [5.41, 5.74) is 0.893. The summed E-state index contributed by atoms with van der Waals surface area (Å²) in [6.45, 7) is 0.251. The number of carbonyl (C=O) groups is 1. The van der Waals surface area contributed by atoms with E-state index in [1.807, 2.05) is 30.3 Å². The van der Waals surface area contributed by atoms with Crippen molar-refractivity contribution in [1.29, 1.82) is 0 Å². The number of amides is 1. The van der Waals surface area contributed by atoms with Crippen molar-refractivity contribution in [2.45, 2.75) is 6.54 Å². The summed E-state index contributed by atoms with van der Waals surface area (Å²) in [7, 11) is 1.62. The Labute approximate surface area is 87.5 Å². The van der Waals surface area contributed by atoms with Gasteiger partial charge in [-0.1, -0.05) is 22.9 Å². The number of hydrogen-bond acceptors (Lipinski definition) is 2. The highest BCUT2D eigenvalue weighted by atomic mass is 16.1. The van der Waals surface area contributed by atoms with Gasteiger partial charge in [0.2, 0.25) is 0 Å². The number of hydrogen-bond donors (Lipinski definition) is 1. The number of rotatable bonds is 2. The van der Waals surface area contributed by atoms with E-state index in [0.717, 1.165) is 10.9 Å². The lowest BCUT2D eigenvalue weighted by Gasteiger charge is -1.96. The van der Waals surface area contributed by atoms with Crippen LogP contribution in [0.5, 0.6) is 0 Å². The largest absolute Gasteiger partial charge is 0.354 e. The first kappa shape index (κ1) is 9.58. The maximum Gasteiger partial charge on any atom is 0.288 e. The average molecular weight is 202 g/mol. The summed E-state index contributed by atoms with van der Waals surface area (Å²) in [4.78, 5) is 11.1. The lowest BCUT2D eigenvalue weighted by atomic mass is 10.2. The third-order valence-corrected chi connectivity index (χ3v) is 2.18. The van der Waals surface area contributed by atoms with Gasteiger partial charge >= 0.3 is 0 Å². The normalized spacial score (nSPS) is 10.2. The van der Waals surface area contributed by atoms with Crippen molar-refractivity contribution in [1.82, 2.24) is 10.4 Å². The molecule has 1 N–H and O–H groups in total. The second kappa shape index (κ2) is 4.04. The molecule has 0 radical (unpaired) electrons. The van der Waals surface area contributed by atoms with Crippen molar-refractivity contribution in [2.75, 3.05) is 7.05 Å². The number of carbonyl (C=O) groups excluding carboxylic acids is 1. The fraction of sp³-hybridized carbons (Fsp3) is 0.182. The Morgan fingerprint density at radius 2 is 2.20 bits per heavy atom. The summed E-state index contributed by atoms with van der Waals surface area (Å²) < 4.78 is 1.63. The number of aromatic nitrogens is 2. The Hall–Kier alpha value is -1.97. The zero-order valence-corrected chi connectivity index (χ0v) is 8.47. The molecule has 2 rings (SSSR count). The van der Waals surface area contributed by atoms with Crippen LogP contribution in [0, 0.1) is 0 Å². The minimum atomic E-state index is -0.0530. The van der Waals surface area contributed by atoms with Crippen LogP contribution in [0.15, 0.2) is 36.5 Å². The summed E-state index contributed by atoms with van der Waals surface area (Å²) in [6.07, 6.45) is 1.80. The van der Waals surface area contributed by atoms with Crippen LogP contribution in [-0.2, 0) is 11.3 Å². The van der Waals surface area contributed by atoms with Crippen LogP contribution < -0.4 is 10.00 Å². The number of benzene rings is 1. The number of nitrogens with zero attached hydrogens (tertiary/aromatic N) is 2. The van der Waals surface area contributed by atoms with Crippen molar-refractivity contribution in [2.24, 2.45) is 0 Å². The molecule has 0 aliphatic heterocycles. The van der Waals surface area contributed by atoms with Crippen LogP contribution in [0.4, 0.5) is 0 Å². The van der Waals surface area contributed by atoms with Gasteiger partial charge in [-0.05, 0) is 6.07 Å². The highest BCUT2D eigenvalue weighted by Gasteiger charge is 2.09. The molecule has 1 amide bonds. The molecule has 76 valence electrons. The van der Waals surface area contributed by atoms with Gasteiger partial charge in [-0.3, -0.25) is 4.79 Å². The smallest absolute Gasteiger partial charge is 0.288 e. The SMILES string of the molecule is CNC(=O)C[n+]1ccc2ccccc2n1.